The average molecular weight is 639 g/mol. The molecule has 242 valence electrons. The molecule has 4 heteroatoms. The summed E-state index contributed by atoms with van der Waals surface area (Å²) in [6.45, 7) is 9.66. The number of unbranched alkanes of at least 4 members (excludes halogenated alkanes) is 1. The van der Waals surface area contributed by atoms with Crippen molar-refractivity contribution in [2.75, 3.05) is 9.71 Å². The number of nitrogens with zero attached hydrogens (tertiary/aromatic N) is 2. The largest absolute Gasteiger partial charge is 0.466 e. The number of anilines is 4. The normalized spacial score (nSPS) is 21.4. The standard InChI is InChI=1S/C45H43BN2O/c1-5-6-15-30-22-23-37(34(28-30)31-16-8-7-9-17-31)47-38-27-29(2)26-35-32-19-14-20-36-41(32)48(45(4)25-13-12-24-44(36,45)3)46(40(35)38)43-42(47)33-18-10-11-21-39(33)49-43/h7-11,14,16-23,26-28H,5-6,12-13,15,24-25H2,1-4H3. The zero-order chi connectivity index (χ0) is 33.1. The Morgan fingerprint density at radius 1 is 0.755 bits per heavy atom. The van der Waals surface area contributed by atoms with E-state index in [0.717, 1.165) is 17.7 Å². The minimum absolute atomic E-state index is 0.00757. The molecule has 1 saturated carbocycles. The van der Waals surface area contributed by atoms with Crippen molar-refractivity contribution in [3.63, 3.8) is 0 Å². The number of hydrogen-bond acceptors (Lipinski definition) is 3. The number of benzene rings is 5. The van der Waals surface area contributed by atoms with Crippen LogP contribution >= 0.6 is 0 Å². The van der Waals surface area contributed by atoms with Gasteiger partial charge in [0.05, 0.1) is 11.4 Å². The highest BCUT2D eigenvalue weighted by atomic mass is 16.3. The fourth-order valence-corrected chi connectivity index (χ4v) is 10.3. The van der Waals surface area contributed by atoms with Crippen molar-refractivity contribution < 1.29 is 4.42 Å². The molecule has 2 atom stereocenters. The zero-order valence-electron chi connectivity index (χ0n) is 29.1. The van der Waals surface area contributed by atoms with Gasteiger partial charge in [-0.25, -0.2) is 0 Å². The van der Waals surface area contributed by atoms with Gasteiger partial charge >= 0.3 is 6.85 Å². The van der Waals surface area contributed by atoms with Gasteiger partial charge < -0.3 is 14.1 Å². The van der Waals surface area contributed by atoms with E-state index in [1.807, 2.05) is 0 Å². The van der Waals surface area contributed by atoms with E-state index in [0.29, 0.717) is 0 Å². The summed E-state index contributed by atoms with van der Waals surface area (Å²) < 4.78 is 7.19. The molecule has 10 rings (SSSR count). The minimum Gasteiger partial charge on any atom is -0.466 e. The first kappa shape index (κ1) is 29.2. The summed E-state index contributed by atoms with van der Waals surface area (Å²) in [5, 5.41) is 1.18. The molecule has 6 aromatic rings. The molecular formula is C45H43BN2O. The zero-order valence-corrected chi connectivity index (χ0v) is 29.1. The molecule has 49 heavy (non-hydrogen) atoms. The Hall–Kier alpha value is -4.70. The van der Waals surface area contributed by atoms with Gasteiger partial charge in [0.1, 0.15) is 11.2 Å². The molecule has 0 N–H and O–H groups in total. The van der Waals surface area contributed by atoms with E-state index in [9.17, 15) is 0 Å². The van der Waals surface area contributed by atoms with Gasteiger partial charge in [0.25, 0.3) is 0 Å². The SMILES string of the molecule is CCCCc1ccc(N2c3cc(C)cc4c3B(c3oc5ccccc5c32)N2c3c-4cccc3C3(C)CCCCC23C)c(-c2ccccc2)c1. The van der Waals surface area contributed by atoms with Crippen molar-refractivity contribution in [1.29, 1.82) is 0 Å². The van der Waals surface area contributed by atoms with Crippen LogP contribution in [0.4, 0.5) is 22.7 Å². The van der Waals surface area contributed by atoms with E-state index >= 15 is 0 Å². The number of rotatable bonds is 5. The molecular weight excluding hydrogens is 595 g/mol. The van der Waals surface area contributed by atoms with Crippen molar-refractivity contribution in [1.82, 2.24) is 0 Å². The maximum atomic E-state index is 7.19. The molecule has 3 nitrogen and oxygen atoms in total. The molecule has 0 amide bonds. The van der Waals surface area contributed by atoms with Crippen molar-refractivity contribution in [3.05, 3.63) is 120 Å². The first-order valence-corrected chi connectivity index (χ1v) is 18.5. The average Bonchev–Trinajstić information content (AvgIpc) is 3.61. The van der Waals surface area contributed by atoms with Gasteiger partial charge in [0.2, 0.25) is 0 Å². The molecule has 0 bridgehead atoms. The van der Waals surface area contributed by atoms with Crippen molar-refractivity contribution in [3.8, 4) is 22.3 Å². The Balaban J connectivity index is 1.32. The van der Waals surface area contributed by atoms with Gasteiger partial charge in [0.15, 0.2) is 0 Å². The van der Waals surface area contributed by atoms with Crippen LogP contribution in [-0.4, -0.2) is 12.4 Å². The minimum atomic E-state index is -0.0251. The molecule has 4 heterocycles. The lowest BCUT2D eigenvalue weighted by atomic mass is 9.44. The third-order valence-electron chi connectivity index (χ3n) is 12.8. The fourth-order valence-electron chi connectivity index (χ4n) is 10.3. The predicted molar refractivity (Wildman–Crippen MR) is 207 cm³/mol. The third-order valence-corrected chi connectivity index (χ3v) is 12.8. The van der Waals surface area contributed by atoms with Crippen LogP contribution in [-0.2, 0) is 11.8 Å². The highest BCUT2D eigenvalue weighted by Crippen LogP contribution is 2.63. The van der Waals surface area contributed by atoms with E-state index in [4.69, 9.17) is 4.42 Å². The predicted octanol–water partition coefficient (Wildman–Crippen LogP) is 10.7. The smallest absolute Gasteiger partial charge is 0.371 e. The maximum Gasteiger partial charge on any atom is 0.371 e. The van der Waals surface area contributed by atoms with Crippen LogP contribution < -0.4 is 20.8 Å². The summed E-state index contributed by atoms with van der Waals surface area (Å²) in [5.74, 6) is 0. The quantitative estimate of drug-likeness (QED) is 0.175. The molecule has 0 spiro atoms. The lowest BCUT2D eigenvalue weighted by Gasteiger charge is -2.54. The summed E-state index contributed by atoms with van der Waals surface area (Å²) in [5.41, 5.74) is 18.0. The maximum absolute atomic E-state index is 7.19. The molecule has 1 aliphatic carbocycles. The summed E-state index contributed by atoms with van der Waals surface area (Å²) in [4.78, 5) is 5.42. The molecule has 4 aliphatic rings. The molecule has 3 aliphatic heterocycles. The summed E-state index contributed by atoms with van der Waals surface area (Å²) >= 11 is 0. The highest BCUT2D eigenvalue weighted by Gasteiger charge is 2.63. The van der Waals surface area contributed by atoms with Crippen LogP contribution in [0.25, 0.3) is 33.2 Å². The van der Waals surface area contributed by atoms with Gasteiger partial charge in [0, 0.05) is 38.8 Å². The number of furan rings is 1. The van der Waals surface area contributed by atoms with Crippen LogP contribution in [0, 0.1) is 6.92 Å². The molecule has 1 fully saturated rings. The van der Waals surface area contributed by atoms with Gasteiger partial charge in [-0.3, -0.25) is 0 Å². The third kappa shape index (κ3) is 3.81. The van der Waals surface area contributed by atoms with Crippen LogP contribution in [0.15, 0.2) is 108 Å². The van der Waals surface area contributed by atoms with Gasteiger partial charge in [-0.05, 0) is 103 Å². The summed E-state index contributed by atoms with van der Waals surface area (Å²) in [6.07, 6.45) is 8.41. The fraction of sp³-hybridized carbons (Fsp3) is 0.289. The van der Waals surface area contributed by atoms with Crippen LogP contribution in [0.3, 0.4) is 0 Å². The second-order valence-electron chi connectivity index (χ2n) is 15.5. The molecule has 1 aromatic heterocycles. The number of aryl methyl sites for hydroxylation is 2. The first-order valence-electron chi connectivity index (χ1n) is 18.5. The second-order valence-corrected chi connectivity index (χ2v) is 15.5. The molecule has 0 saturated heterocycles. The van der Waals surface area contributed by atoms with Gasteiger partial charge in [-0.15, -0.1) is 0 Å². The Morgan fingerprint density at radius 3 is 2.43 bits per heavy atom. The number of hydrogen-bond donors (Lipinski definition) is 0. The van der Waals surface area contributed by atoms with E-state index in [-0.39, 0.29) is 17.8 Å². The Morgan fingerprint density at radius 2 is 1.57 bits per heavy atom. The van der Waals surface area contributed by atoms with E-state index in [1.165, 1.54) is 111 Å². The first-order chi connectivity index (χ1) is 23.9. The number of para-hydroxylation sites is 2. The molecule has 0 radical (unpaired) electrons. The lowest BCUT2D eigenvalue weighted by Crippen LogP contribution is -2.70. The monoisotopic (exact) mass is 638 g/mol. The van der Waals surface area contributed by atoms with Crippen molar-refractivity contribution in [2.24, 2.45) is 0 Å². The van der Waals surface area contributed by atoms with E-state index < -0.39 is 0 Å². The van der Waals surface area contributed by atoms with E-state index in [1.54, 1.807) is 0 Å². The Labute approximate surface area is 290 Å². The lowest BCUT2D eigenvalue weighted by molar-refractivity contribution is 0.199. The molecule has 5 aromatic carbocycles. The van der Waals surface area contributed by atoms with Crippen molar-refractivity contribution >= 4 is 51.7 Å². The van der Waals surface area contributed by atoms with Crippen LogP contribution in [0.5, 0.6) is 0 Å². The number of fused-ring (bicyclic) bond motifs is 9. The Bertz CT molecular complexity index is 2310. The molecule has 2 unspecified atom stereocenters. The summed E-state index contributed by atoms with van der Waals surface area (Å²) in [7, 11) is 0. The van der Waals surface area contributed by atoms with Gasteiger partial charge in [-0.2, -0.15) is 0 Å². The summed E-state index contributed by atoms with van der Waals surface area (Å²) in [6, 6.07) is 38.9. The highest BCUT2D eigenvalue weighted by molar-refractivity contribution is 6.92. The van der Waals surface area contributed by atoms with Crippen LogP contribution in [0.2, 0.25) is 0 Å². The second kappa shape index (κ2) is 10.4. The van der Waals surface area contributed by atoms with Gasteiger partial charge in [-0.1, -0.05) is 106 Å². The van der Waals surface area contributed by atoms with E-state index in [2.05, 4.69) is 141 Å². The van der Waals surface area contributed by atoms with Crippen molar-refractivity contribution in [2.45, 2.75) is 83.6 Å². The topological polar surface area (TPSA) is 19.6 Å². The van der Waals surface area contributed by atoms with Crippen LogP contribution in [0.1, 0.15) is 76.0 Å². The Kier molecular flexibility index (Phi) is 6.21.